The van der Waals surface area contributed by atoms with E-state index in [0.29, 0.717) is 5.95 Å². The van der Waals surface area contributed by atoms with Gasteiger partial charge in [0.15, 0.2) is 5.13 Å². The summed E-state index contributed by atoms with van der Waals surface area (Å²) in [6.45, 7) is 1.93. The number of rotatable bonds is 2. The lowest BCUT2D eigenvalue weighted by Gasteiger charge is -1.91. The van der Waals surface area contributed by atoms with Crippen LogP contribution in [0.15, 0.2) is 5.38 Å². The smallest absolute Gasteiger partial charge is 0.269 e. The molecule has 6 nitrogen and oxygen atoms in total. The SMILES string of the molecule is Cc1csc(Nc2nn[nH]n2)n1. The van der Waals surface area contributed by atoms with Crippen LogP contribution in [-0.2, 0) is 0 Å². The van der Waals surface area contributed by atoms with Crippen molar-refractivity contribution < 1.29 is 0 Å². The number of tetrazole rings is 1. The van der Waals surface area contributed by atoms with Gasteiger partial charge in [-0.25, -0.2) is 4.98 Å². The van der Waals surface area contributed by atoms with E-state index >= 15 is 0 Å². The van der Waals surface area contributed by atoms with Gasteiger partial charge in [-0.15, -0.1) is 16.4 Å². The Kier molecular flexibility index (Phi) is 1.71. The van der Waals surface area contributed by atoms with Gasteiger partial charge in [-0.3, -0.25) is 5.32 Å². The lowest BCUT2D eigenvalue weighted by Crippen LogP contribution is -1.91. The van der Waals surface area contributed by atoms with E-state index in [9.17, 15) is 0 Å². The Bertz CT molecular complexity index is 352. The summed E-state index contributed by atoms with van der Waals surface area (Å²) in [6, 6.07) is 0. The van der Waals surface area contributed by atoms with Crippen LogP contribution in [-0.4, -0.2) is 25.6 Å². The number of nitrogens with zero attached hydrogens (tertiary/aromatic N) is 4. The molecule has 0 spiro atoms. The van der Waals surface area contributed by atoms with Crippen LogP contribution in [0, 0.1) is 6.92 Å². The molecule has 0 aliphatic heterocycles. The van der Waals surface area contributed by atoms with Crippen LogP contribution in [0.5, 0.6) is 0 Å². The Morgan fingerprint density at radius 3 is 3.08 bits per heavy atom. The van der Waals surface area contributed by atoms with Crippen LogP contribution in [0.2, 0.25) is 0 Å². The third kappa shape index (κ3) is 1.40. The highest BCUT2D eigenvalue weighted by atomic mass is 32.1. The van der Waals surface area contributed by atoms with Crippen molar-refractivity contribution in [1.29, 1.82) is 0 Å². The molecule has 0 saturated heterocycles. The van der Waals surface area contributed by atoms with E-state index in [-0.39, 0.29) is 0 Å². The molecular weight excluding hydrogens is 176 g/mol. The molecule has 2 aromatic heterocycles. The molecule has 62 valence electrons. The lowest BCUT2D eigenvalue weighted by atomic mass is 10.6. The number of anilines is 2. The predicted octanol–water partition coefficient (Wildman–Crippen LogP) is 0.708. The fourth-order valence-electron chi connectivity index (χ4n) is 0.722. The number of aromatic amines is 1. The molecule has 7 heteroatoms. The zero-order valence-corrected chi connectivity index (χ0v) is 7.09. The molecule has 0 aliphatic carbocycles. The van der Waals surface area contributed by atoms with Gasteiger partial charge in [-0.05, 0) is 12.1 Å². The van der Waals surface area contributed by atoms with Crippen LogP contribution in [0.4, 0.5) is 11.1 Å². The van der Waals surface area contributed by atoms with Crippen molar-refractivity contribution in [2.75, 3.05) is 5.32 Å². The number of hydrogen-bond donors (Lipinski definition) is 2. The van der Waals surface area contributed by atoms with Gasteiger partial charge in [0.1, 0.15) is 0 Å². The molecule has 12 heavy (non-hydrogen) atoms. The molecule has 0 bridgehead atoms. The molecule has 0 aromatic carbocycles. The minimum absolute atomic E-state index is 0.435. The molecule has 0 aliphatic rings. The van der Waals surface area contributed by atoms with Gasteiger partial charge in [0, 0.05) is 5.38 Å². The molecule has 0 amide bonds. The van der Waals surface area contributed by atoms with E-state index in [1.54, 1.807) is 0 Å². The lowest BCUT2D eigenvalue weighted by molar-refractivity contribution is 0.881. The monoisotopic (exact) mass is 182 g/mol. The summed E-state index contributed by atoms with van der Waals surface area (Å²) >= 11 is 1.50. The summed E-state index contributed by atoms with van der Waals surface area (Å²) in [5, 5.41) is 18.8. The van der Waals surface area contributed by atoms with Crippen LogP contribution < -0.4 is 5.32 Å². The fourth-order valence-corrected chi connectivity index (χ4v) is 1.40. The van der Waals surface area contributed by atoms with Crippen molar-refractivity contribution in [2.45, 2.75) is 6.92 Å². The predicted molar refractivity (Wildman–Crippen MR) is 44.3 cm³/mol. The zero-order valence-electron chi connectivity index (χ0n) is 6.27. The van der Waals surface area contributed by atoms with E-state index in [1.807, 2.05) is 12.3 Å². The molecular formula is C5H6N6S. The van der Waals surface area contributed by atoms with Gasteiger partial charge in [0.2, 0.25) is 0 Å². The fraction of sp³-hybridized carbons (Fsp3) is 0.200. The Balaban J connectivity index is 2.14. The van der Waals surface area contributed by atoms with Crippen molar-refractivity contribution in [2.24, 2.45) is 0 Å². The summed E-state index contributed by atoms with van der Waals surface area (Å²) in [4.78, 5) is 4.17. The van der Waals surface area contributed by atoms with E-state index in [2.05, 4.69) is 30.9 Å². The molecule has 2 aromatic rings. The third-order valence-corrected chi connectivity index (χ3v) is 2.06. The second kappa shape index (κ2) is 2.86. The van der Waals surface area contributed by atoms with Crippen LogP contribution in [0.3, 0.4) is 0 Å². The topological polar surface area (TPSA) is 79.4 Å². The van der Waals surface area contributed by atoms with Gasteiger partial charge in [-0.1, -0.05) is 5.10 Å². The minimum Gasteiger partial charge on any atom is -0.297 e. The highest BCUT2D eigenvalue weighted by Gasteiger charge is 2.01. The van der Waals surface area contributed by atoms with Crippen molar-refractivity contribution >= 4 is 22.4 Å². The van der Waals surface area contributed by atoms with Crippen molar-refractivity contribution in [3.63, 3.8) is 0 Å². The summed E-state index contributed by atoms with van der Waals surface area (Å²) < 4.78 is 0. The largest absolute Gasteiger partial charge is 0.297 e. The number of nitrogens with one attached hydrogen (secondary N) is 2. The maximum absolute atomic E-state index is 4.17. The molecule has 0 atom stereocenters. The minimum atomic E-state index is 0.435. The van der Waals surface area contributed by atoms with Crippen LogP contribution in [0.25, 0.3) is 0 Å². The highest BCUT2D eigenvalue weighted by Crippen LogP contribution is 2.16. The highest BCUT2D eigenvalue weighted by molar-refractivity contribution is 7.13. The average Bonchev–Trinajstić information content (AvgIpc) is 2.63. The number of aryl methyl sites for hydroxylation is 1. The molecule has 2 heterocycles. The van der Waals surface area contributed by atoms with Crippen molar-refractivity contribution in [1.82, 2.24) is 25.6 Å². The quantitative estimate of drug-likeness (QED) is 0.715. The summed E-state index contributed by atoms with van der Waals surface area (Å²) in [6.07, 6.45) is 0. The van der Waals surface area contributed by atoms with E-state index in [1.165, 1.54) is 11.3 Å². The van der Waals surface area contributed by atoms with E-state index in [4.69, 9.17) is 0 Å². The maximum atomic E-state index is 4.17. The number of hydrogen-bond acceptors (Lipinski definition) is 6. The second-order valence-corrected chi connectivity index (χ2v) is 3.01. The van der Waals surface area contributed by atoms with Crippen molar-refractivity contribution in [3.05, 3.63) is 11.1 Å². The van der Waals surface area contributed by atoms with Crippen LogP contribution in [0.1, 0.15) is 5.69 Å². The standard InChI is InChI=1S/C5H6N6S/c1-3-2-12-5(6-3)7-4-8-10-11-9-4/h2H,1H3,(H2,6,7,8,9,10,11). The Hall–Kier alpha value is -1.50. The molecule has 0 radical (unpaired) electrons. The summed E-state index contributed by atoms with van der Waals surface area (Å²) in [7, 11) is 0. The first-order chi connectivity index (χ1) is 5.84. The van der Waals surface area contributed by atoms with Crippen LogP contribution >= 0.6 is 11.3 Å². The zero-order chi connectivity index (χ0) is 8.39. The molecule has 2 N–H and O–H groups in total. The number of H-pyrrole nitrogens is 1. The second-order valence-electron chi connectivity index (χ2n) is 2.15. The van der Waals surface area contributed by atoms with Gasteiger partial charge in [-0.2, -0.15) is 5.21 Å². The first kappa shape index (κ1) is 7.17. The van der Waals surface area contributed by atoms with E-state index < -0.39 is 0 Å². The van der Waals surface area contributed by atoms with Gasteiger partial charge >= 0.3 is 0 Å². The van der Waals surface area contributed by atoms with Crippen molar-refractivity contribution in [3.8, 4) is 0 Å². The molecule has 0 saturated carbocycles. The molecule has 0 fully saturated rings. The summed E-state index contributed by atoms with van der Waals surface area (Å²) in [5.41, 5.74) is 0.978. The Labute approximate surface area is 72.0 Å². The summed E-state index contributed by atoms with van der Waals surface area (Å²) in [5.74, 6) is 0.435. The Morgan fingerprint density at radius 1 is 1.58 bits per heavy atom. The number of thiazole rings is 1. The van der Waals surface area contributed by atoms with Gasteiger partial charge < -0.3 is 0 Å². The van der Waals surface area contributed by atoms with Gasteiger partial charge in [0.05, 0.1) is 5.69 Å². The maximum Gasteiger partial charge on any atom is 0.269 e. The Morgan fingerprint density at radius 2 is 2.50 bits per heavy atom. The normalized spacial score (nSPS) is 10.1. The molecule has 2 rings (SSSR count). The first-order valence-electron chi connectivity index (χ1n) is 3.27. The average molecular weight is 182 g/mol. The first-order valence-corrected chi connectivity index (χ1v) is 4.15. The van der Waals surface area contributed by atoms with Gasteiger partial charge in [0.25, 0.3) is 5.95 Å². The number of aromatic nitrogens is 5. The van der Waals surface area contributed by atoms with E-state index in [0.717, 1.165) is 10.8 Å². The molecule has 0 unspecified atom stereocenters. The third-order valence-electron chi connectivity index (χ3n) is 1.18.